The number of amides is 2. The van der Waals surface area contributed by atoms with Crippen molar-refractivity contribution in [3.63, 3.8) is 0 Å². The number of carbonyl (C=O) groups excluding carboxylic acids is 2. The summed E-state index contributed by atoms with van der Waals surface area (Å²) in [5.41, 5.74) is 1.00. The van der Waals surface area contributed by atoms with Crippen LogP contribution in [0, 0.1) is 16.0 Å². The van der Waals surface area contributed by atoms with Gasteiger partial charge in [-0.2, -0.15) is 0 Å². The summed E-state index contributed by atoms with van der Waals surface area (Å²) in [5.74, 6) is -0.497. The van der Waals surface area contributed by atoms with Gasteiger partial charge in [0, 0.05) is 29.8 Å². The zero-order chi connectivity index (χ0) is 17.9. The molecule has 0 spiro atoms. The van der Waals surface area contributed by atoms with Crippen molar-refractivity contribution in [2.45, 2.75) is 46.1 Å². The summed E-state index contributed by atoms with van der Waals surface area (Å²) < 4.78 is 0. The van der Waals surface area contributed by atoms with Gasteiger partial charge in [-0.25, -0.2) is 0 Å². The van der Waals surface area contributed by atoms with E-state index in [1.165, 1.54) is 6.07 Å². The molecule has 1 aromatic carbocycles. The SMILES string of the molecule is CCc1ccc(NC(=O)C2CCCN2C(=O)C(C)C)cc1[N+](=O)[O-]. The Kier molecular flexibility index (Phi) is 5.54. The smallest absolute Gasteiger partial charge is 0.274 e. The third kappa shape index (κ3) is 3.72. The van der Waals surface area contributed by atoms with E-state index in [1.807, 2.05) is 20.8 Å². The number of hydrogen-bond donors (Lipinski definition) is 1. The summed E-state index contributed by atoms with van der Waals surface area (Å²) in [5, 5.41) is 13.8. The van der Waals surface area contributed by atoms with Gasteiger partial charge in [-0.1, -0.05) is 26.8 Å². The largest absolute Gasteiger partial charge is 0.330 e. The molecule has 24 heavy (non-hydrogen) atoms. The molecule has 1 aromatic rings. The Labute approximate surface area is 141 Å². The average Bonchev–Trinajstić information content (AvgIpc) is 3.03. The molecule has 1 atom stereocenters. The van der Waals surface area contributed by atoms with E-state index in [-0.39, 0.29) is 23.4 Å². The van der Waals surface area contributed by atoms with Crippen LogP contribution >= 0.6 is 0 Å². The van der Waals surface area contributed by atoms with Crippen molar-refractivity contribution < 1.29 is 14.5 Å². The Morgan fingerprint density at radius 2 is 2.12 bits per heavy atom. The lowest BCUT2D eigenvalue weighted by Crippen LogP contribution is -2.44. The summed E-state index contributed by atoms with van der Waals surface area (Å²) in [6.07, 6.45) is 1.94. The van der Waals surface area contributed by atoms with E-state index in [0.717, 1.165) is 6.42 Å². The minimum absolute atomic E-state index is 0.00293. The van der Waals surface area contributed by atoms with Gasteiger partial charge in [-0.15, -0.1) is 0 Å². The molecule has 1 N–H and O–H groups in total. The normalized spacial score (nSPS) is 17.2. The molecule has 0 aliphatic carbocycles. The van der Waals surface area contributed by atoms with Gasteiger partial charge in [-0.3, -0.25) is 19.7 Å². The van der Waals surface area contributed by atoms with Crippen LogP contribution in [0.1, 0.15) is 39.2 Å². The molecule has 1 unspecified atom stereocenters. The molecule has 7 nitrogen and oxygen atoms in total. The molecule has 1 saturated heterocycles. The molecule has 0 bridgehead atoms. The van der Waals surface area contributed by atoms with Crippen molar-refractivity contribution in [3.8, 4) is 0 Å². The Bertz CT molecular complexity index is 657. The molecule has 0 radical (unpaired) electrons. The molecule has 0 aromatic heterocycles. The van der Waals surface area contributed by atoms with Gasteiger partial charge in [-0.05, 0) is 25.3 Å². The third-order valence-electron chi connectivity index (χ3n) is 4.26. The van der Waals surface area contributed by atoms with Crippen molar-refractivity contribution in [2.24, 2.45) is 5.92 Å². The zero-order valence-electron chi connectivity index (χ0n) is 14.2. The van der Waals surface area contributed by atoms with E-state index in [2.05, 4.69) is 5.32 Å². The summed E-state index contributed by atoms with van der Waals surface area (Å²) >= 11 is 0. The molecule has 7 heteroatoms. The Morgan fingerprint density at radius 3 is 2.71 bits per heavy atom. The number of aryl methyl sites for hydroxylation is 1. The lowest BCUT2D eigenvalue weighted by molar-refractivity contribution is -0.385. The summed E-state index contributed by atoms with van der Waals surface area (Å²) in [7, 11) is 0. The van der Waals surface area contributed by atoms with Crippen LogP contribution in [-0.2, 0) is 16.0 Å². The number of benzene rings is 1. The Hall–Kier alpha value is -2.44. The fraction of sp³-hybridized carbons (Fsp3) is 0.529. The Balaban J connectivity index is 2.16. The molecule has 1 fully saturated rings. The lowest BCUT2D eigenvalue weighted by Gasteiger charge is -2.25. The van der Waals surface area contributed by atoms with Crippen LogP contribution < -0.4 is 5.32 Å². The third-order valence-corrected chi connectivity index (χ3v) is 4.26. The summed E-state index contributed by atoms with van der Waals surface area (Å²) in [6, 6.07) is 4.18. The van der Waals surface area contributed by atoms with Gasteiger partial charge in [0.2, 0.25) is 11.8 Å². The minimum atomic E-state index is -0.509. The molecule has 2 amide bonds. The van der Waals surface area contributed by atoms with Crippen molar-refractivity contribution in [1.29, 1.82) is 0 Å². The van der Waals surface area contributed by atoms with E-state index in [1.54, 1.807) is 17.0 Å². The lowest BCUT2D eigenvalue weighted by atomic mass is 10.1. The van der Waals surface area contributed by atoms with Crippen molar-refractivity contribution in [1.82, 2.24) is 4.90 Å². The average molecular weight is 333 g/mol. The summed E-state index contributed by atoms with van der Waals surface area (Å²) in [4.78, 5) is 37.0. The molecule has 1 heterocycles. The second-order valence-corrected chi connectivity index (χ2v) is 6.29. The number of nitro benzene ring substituents is 1. The van der Waals surface area contributed by atoms with Crippen molar-refractivity contribution in [3.05, 3.63) is 33.9 Å². The number of hydrogen-bond acceptors (Lipinski definition) is 4. The predicted molar refractivity (Wildman–Crippen MR) is 90.7 cm³/mol. The fourth-order valence-corrected chi connectivity index (χ4v) is 2.97. The van der Waals surface area contributed by atoms with Gasteiger partial charge in [0.15, 0.2) is 0 Å². The highest BCUT2D eigenvalue weighted by molar-refractivity contribution is 5.98. The summed E-state index contributed by atoms with van der Waals surface area (Å²) in [6.45, 7) is 6.03. The number of carbonyl (C=O) groups is 2. The highest BCUT2D eigenvalue weighted by Gasteiger charge is 2.35. The number of nitro groups is 1. The first-order valence-corrected chi connectivity index (χ1v) is 8.23. The quantitative estimate of drug-likeness (QED) is 0.662. The van der Waals surface area contributed by atoms with E-state index in [0.29, 0.717) is 30.6 Å². The van der Waals surface area contributed by atoms with E-state index in [9.17, 15) is 19.7 Å². The van der Waals surface area contributed by atoms with Crippen LogP contribution in [0.5, 0.6) is 0 Å². The minimum Gasteiger partial charge on any atom is -0.330 e. The van der Waals surface area contributed by atoms with Crippen LogP contribution in [0.25, 0.3) is 0 Å². The van der Waals surface area contributed by atoms with Gasteiger partial charge in [0.1, 0.15) is 6.04 Å². The fourth-order valence-electron chi connectivity index (χ4n) is 2.97. The molecule has 0 saturated carbocycles. The molecule has 130 valence electrons. The highest BCUT2D eigenvalue weighted by atomic mass is 16.6. The maximum absolute atomic E-state index is 12.5. The molecular formula is C17H23N3O4. The van der Waals surface area contributed by atoms with E-state index < -0.39 is 11.0 Å². The van der Waals surface area contributed by atoms with Gasteiger partial charge in [0.05, 0.1) is 4.92 Å². The monoisotopic (exact) mass is 333 g/mol. The van der Waals surface area contributed by atoms with Gasteiger partial charge in [0.25, 0.3) is 5.69 Å². The molecule has 1 aliphatic rings. The van der Waals surface area contributed by atoms with Gasteiger partial charge < -0.3 is 10.2 Å². The second-order valence-electron chi connectivity index (χ2n) is 6.29. The maximum Gasteiger partial charge on any atom is 0.274 e. The molecule has 2 rings (SSSR count). The van der Waals surface area contributed by atoms with Gasteiger partial charge >= 0.3 is 0 Å². The van der Waals surface area contributed by atoms with Crippen LogP contribution in [0.4, 0.5) is 11.4 Å². The number of anilines is 1. The first-order chi connectivity index (χ1) is 11.3. The van der Waals surface area contributed by atoms with Crippen LogP contribution in [0.15, 0.2) is 18.2 Å². The van der Waals surface area contributed by atoms with E-state index in [4.69, 9.17) is 0 Å². The Morgan fingerprint density at radius 1 is 1.42 bits per heavy atom. The first-order valence-electron chi connectivity index (χ1n) is 8.23. The van der Waals surface area contributed by atoms with E-state index >= 15 is 0 Å². The zero-order valence-corrected chi connectivity index (χ0v) is 14.2. The highest BCUT2D eigenvalue weighted by Crippen LogP contribution is 2.25. The second kappa shape index (κ2) is 7.42. The maximum atomic E-state index is 12.5. The van der Waals surface area contributed by atoms with Crippen molar-refractivity contribution in [2.75, 3.05) is 11.9 Å². The van der Waals surface area contributed by atoms with Crippen LogP contribution in [0.2, 0.25) is 0 Å². The van der Waals surface area contributed by atoms with Crippen LogP contribution in [-0.4, -0.2) is 34.2 Å². The molecule has 1 aliphatic heterocycles. The molecular weight excluding hydrogens is 310 g/mol. The number of rotatable bonds is 5. The number of likely N-dealkylation sites (tertiary alicyclic amines) is 1. The standard InChI is InChI=1S/C17H23N3O4/c1-4-12-7-8-13(10-15(12)20(23)24)18-16(21)14-6-5-9-19(14)17(22)11(2)3/h7-8,10-11,14H,4-6,9H2,1-3H3,(H,18,21). The predicted octanol–water partition coefficient (Wildman–Crippen LogP) is 2.74. The van der Waals surface area contributed by atoms with Crippen LogP contribution in [0.3, 0.4) is 0 Å². The topological polar surface area (TPSA) is 92.6 Å². The number of nitrogens with one attached hydrogen (secondary N) is 1. The number of nitrogens with zero attached hydrogens (tertiary/aromatic N) is 2. The first kappa shape index (κ1) is 17.9. The van der Waals surface area contributed by atoms with Crippen molar-refractivity contribution >= 4 is 23.2 Å².